The average molecular weight is 449 g/mol. The highest BCUT2D eigenvalue weighted by Crippen LogP contribution is 2.42. The number of alkyl halides is 3. The summed E-state index contributed by atoms with van der Waals surface area (Å²) in [6.07, 6.45) is -2.40. The second-order valence-electron chi connectivity index (χ2n) is 9.29. The molecular weight excluding hydrogens is 417 g/mol. The van der Waals surface area contributed by atoms with E-state index in [0.29, 0.717) is 32.5 Å². The molecule has 0 spiro atoms. The first-order valence-corrected chi connectivity index (χ1v) is 11.7. The van der Waals surface area contributed by atoms with Crippen LogP contribution in [0.2, 0.25) is 0 Å². The highest BCUT2D eigenvalue weighted by molar-refractivity contribution is 7.89. The van der Waals surface area contributed by atoms with Gasteiger partial charge in [-0.15, -0.1) is 0 Å². The zero-order valence-electron chi connectivity index (χ0n) is 18.0. The van der Waals surface area contributed by atoms with Crippen molar-refractivity contribution in [1.82, 2.24) is 9.62 Å². The second kappa shape index (κ2) is 8.86. The fourth-order valence-electron chi connectivity index (χ4n) is 4.14. The third-order valence-corrected chi connectivity index (χ3v) is 7.43. The molecule has 9 heteroatoms. The van der Waals surface area contributed by atoms with Crippen molar-refractivity contribution in [3.63, 3.8) is 0 Å². The first-order valence-electron chi connectivity index (χ1n) is 10.1. The zero-order valence-corrected chi connectivity index (χ0v) is 18.8. The van der Waals surface area contributed by atoms with Crippen molar-refractivity contribution in [2.24, 2.45) is 10.8 Å². The molecule has 0 aliphatic carbocycles. The van der Waals surface area contributed by atoms with Crippen molar-refractivity contribution in [2.45, 2.75) is 53.1 Å². The third-order valence-electron chi connectivity index (χ3n) is 5.54. The van der Waals surface area contributed by atoms with Gasteiger partial charge in [0.1, 0.15) is 0 Å². The molecule has 170 valence electrons. The summed E-state index contributed by atoms with van der Waals surface area (Å²) in [5, 5.41) is 2.87. The number of carbonyl (C=O) groups is 1. The zero-order chi connectivity index (χ0) is 22.8. The molecule has 0 bridgehead atoms. The lowest BCUT2D eigenvalue weighted by Gasteiger charge is -2.44. The SMILES string of the molecule is CCS(=O)(=O)N1CCC(CNC(=O)c2ccc(C(F)(F)F)cc2)(CC(C)(C)C)CC1. The predicted octanol–water partition coefficient (Wildman–Crippen LogP) is 4.30. The van der Waals surface area contributed by atoms with Gasteiger partial charge in [0, 0.05) is 25.2 Å². The molecule has 1 saturated heterocycles. The summed E-state index contributed by atoms with van der Waals surface area (Å²) in [5.74, 6) is -0.371. The van der Waals surface area contributed by atoms with E-state index in [-0.39, 0.29) is 22.1 Å². The number of amides is 1. The number of piperidine rings is 1. The van der Waals surface area contributed by atoms with E-state index in [4.69, 9.17) is 0 Å². The normalized spacial score (nSPS) is 18.2. The number of carbonyl (C=O) groups excluding carboxylic acids is 1. The lowest BCUT2D eigenvalue weighted by molar-refractivity contribution is -0.137. The van der Waals surface area contributed by atoms with E-state index in [1.807, 2.05) is 0 Å². The minimum absolute atomic E-state index is 0.0229. The molecule has 1 N–H and O–H groups in total. The number of hydrogen-bond acceptors (Lipinski definition) is 3. The lowest BCUT2D eigenvalue weighted by atomic mass is 9.68. The molecular formula is C21H31F3N2O3S. The van der Waals surface area contributed by atoms with Crippen LogP contribution in [0, 0.1) is 10.8 Å². The molecule has 1 amide bonds. The van der Waals surface area contributed by atoms with Crippen LogP contribution in [-0.2, 0) is 16.2 Å². The van der Waals surface area contributed by atoms with Crippen LogP contribution in [-0.4, -0.2) is 44.0 Å². The molecule has 1 aliphatic heterocycles. The van der Waals surface area contributed by atoms with Crippen LogP contribution in [0.1, 0.15) is 62.9 Å². The molecule has 5 nitrogen and oxygen atoms in total. The number of benzene rings is 1. The Morgan fingerprint density at radius 1 is 1.10 bits per heavy atom. The Kier molecular flexibility index (Phi) is 7.29. The van der Waals surface area contributed by atoms with Crippen LogP contribution in [0.4, 0.5) is 13.2 Å². The van der Waals surface area contributed by atoms with Gasteiger partial charge in [-0.05, 0) is 61.3 Å². The van der Waals surface area contributed by atoms with E-state index < -0.39 is 27.7 Å². The second-order valence-corrected chi connectivity index (χ2v) is 11.6. The van der Waals surface area contributed by atoms with Gasteiger partial charge in [-0.1, -0.05) is 20.8 Å². The number of rotatable bonds is 6. The average Bonchev–Trinajstić information content (AvgIpc) is 2.64. The monoisotopic (exact) mass is 448 g/mol. The third kappa shape index (κ3) is 6.44. The Bertz CT molecular complexity index is 836. The number of sulfonamides is 1. The molecule has 30 heavy (non-hydrogen) atoms. The van der Waals surface area contributed by atoms with Crippen molar-refractivity contribution in [1.29, 1.82) is 0 Å². The smallest absolute Gasteiger partial charge is 0.351 e. The van der Waals surface area contributed by atoms with E-state index in [9.17, 15) is 26.4 Å². The van der Waals surface area contributed by atoms with Gasteiger partial charge in [0.05, 0.1) is 11.3 Å². The van der Waals surface area contributed by atoms with Crippen molar-refractivity contribution in [3.05, 3.63) is 35.4 Å². The van der Waals surface area contributed by atoms with Gasteiger partial charge in [0.15, 0.2) is 0 Å². The molecule has 1 heterocycles. The van der Waals surface area contributed by atoms with Gasteiger partial charge in [-0.25, -0.2) is 12.7 Å². The minimum Gasteiger partial charge on any atom is -0.351 e. The first-order chi connectivity index (χ1) is 13.7. The number of nitrogens with one attached hydrogen (secondary N) is 1. The summed E-state index contributed by atoms with van der Waals surface area (Å²) in [7, 11) is -3.25. The van der Waals surface area contributed by atoms with Crippen molar-refractivity contribution >= 4 is 15.9 Å². The Balaban J connectivity index is 2.10. The first kappa shape index (κ1) is 24.7. The summed E-state index contributed by atoms with van der Waals surface area (Å²) in [6.45, 7) is 9.08. The molecule has 1 aromatic carbocycles. The molecule has 1 aromatic rings. The van der Waals surface area contributed by atoms with Crippen molar-refractivity contribution in [3.8, 4) is 0 Å². The molecule has 0 atom stereocenters. The van der Waals surface area contributed by atoms with Crippen LogP contribution in [0.3, 0.4) is 0 Å². The summed E-state index contributed by atoms with van der Waals surface area (Å²) in [6, 6.07) is 4.14. The maximum Gasteiger partial charge on any atom is 0.416 e. The quantitative estimate of drug-likeness (QED) is 0.706. The maximum absolute atomic E-state index is 12.7. The fraction of sp³-hybridized carbons (Fsp3) is 0.667. The van der Waals surface area contributed by atoms with E-state index in [1.165, 1.54) is 16.4 Å². The topological polar surface area (TPSA) is 66.5 Å². The molecule has 0 unspecified atom stereocenters. The van der Waals surface area contributed by atoms with Gasteiger partial charge in [-0.2, -0.15) is 13.2 Å². The standard InChI is InChI=1S/C21H31F3N2O3S/c1-5-30(28,29)26-12-10-20(11-13-26,14-19(2,3)4)15-25-18(27)16-6-8-17(9-7-16)21(22,23)24/h6-9H,5,10-15H2,1-4H3,(H,25,27). The Hall–Kier alpha value is -1.61. The fourth-order valence-corrected chi connectivity index (χ4v) is 5.25. The highest BCUT2D eigenvalue weighted by atomic mass is 32.2. The Morgan fingerprint density at radius 3 is 2.07 bits per heavy atom. The van der Waals surface area contributed by atoms with Crippen LogP contribution < -0.4 is 5.32 Å². The number of hydrogen-bond donors (Lipinski definition) is 1. The van der Waals surface area contributed by atoms with Crippen LogP contribution in [0.5, 0.6) is 0 Å². The van der Waals surface area contributed by atoms with Gasteiger partial charge in [-0.3, -0.25) is 4.79 Å². The van der Waals surface area contributed by atoms with E-state index >= 15 is 0 Å². The Labute approximate surface area is 177 Å². The van der Waals surface area contributed by atoms with Crippen LogP contribution in [0.25, 0.3) is 0 Å². The summed E-state index contributed by atoms with van der Waals surface area (Å²) in [5.41, 5.74) is -0.919. The van der Waals surface area contributed by atoms with E-state index in [0.717, 1.165) is 18.6 Å². The summed E-state index contributed by atoms with van der Waals surface area (Å²) in [4.78, 5) is 12.5. The molecule has 0 aromatic heterocycles. The molecule has 0 saturated carbocycles. The molecule has 1 aliphatic rings. The lowest BCUT2D eigenvalue weighted by Crippen LogP contribution is -2.49. The predicted molar refractivity (Wildman–Crippen MR) is 111 cm³/mol. The highest BCUT2D eigenvalue weighted by Gasteiger charge is 2.40. The van der Waals surface area contributed by atoms with Crippen molar-refractivity contribution < 1.29 is 26.4 Å². The Morgan fingerprint density at radius 2 is 1.63 bits per heavy atom. The summed E-state index contributed by atoms with van der Waals surface area (Å²) >= 11 is 0. The van der Waals surface area contributed by atoms with Crippen molar-refractivity contribution in [2.75, 3.05) is 25.4 Å². The largest absolute Gasteiger partial charge is 0.416 e. The number of halogens is 3. The minimum atomic E-state index is -4.45. The maximum atomic E-state index is 12.7. The van der Waals surface area contributed by atoms with Gasteiger partial charge in [0.25, 0.3) is 5.91 Å². The van der Waals surface area contributed by atoms with Gasteiger partial charge < -0.3 is 5.32 Å². The van der Waals surface area contributed by atoms with Crippen LogP contribution in [0.15, 0.2) is 24.3 Å². The van der Waals surface area contributed by atoms with Gasteiger partial charge >= 0.3 is 6.18 Å². The summed E-state index contributed by atoms with van der Waals surface area (Å²) < 4.78 is 64.0. The number of nitrogens with zero attached hydrogens (tertiary/aromatic N) is 1. The molecule has 1 fully saturated rings. The van der Waals surface area contributed by atoms with Crippen LogP contribution >= 0.6 is 0 Å². The van der Waals surface area contributed by atoms with E-state index in [1.54, 1.807) is 6.92 Å². The van der Waals surface area contributed by atoms with E-state index in [2.05, 4.69) is 26.1 Å². The molecule has 0 radical (unpaired) electrons. The van der Waals surface area contributed by atoms with Gasteiger partial charge in [0.2, 0.25) is 10.0 Å². The molecule has 2 rings (SSSR count).